The molecule has 0 aliphatic rings. The Kier molecular flexibility index (Phi) is 4.52. The van der Waals surface area contributed by atoms with E-state index in [2.05, 4.69) is 5.32 Å². The van der Waals surface area contributed by atoms with Crippen molar-refractivity contribution in [2.24, 2.45) is 0 Å². The summed E-state index contributed by atoms with van der Waals surface area (Å²) in [5.74, 6) is 0.795. The highest BCUT2D eigenvalue weighted by Crippen LogP contribution is 2.36. The molecule has 0 unspecified atom stereocenters. The van der Waals surface area contributed by atoms with Gasteiger partial charge in [0.25, 0.3) is 5.91 Å². The number of methoxy groups -OCH3 is 2. The summed E-state index contributed by atoms with van der Waals surface area (Å²) in [7, 11) is 3.04. The molecule has 0 fully saturated rings. The second kappa shape index (κ2) is 6.15. The lowest BCUT2D eigenvalue weighted by Crippen LogP contribution is -2.11. The first-order valence-electron chi connectivity index (χ1n) is 5.84. The number of benzene rings is 1. The molecule has 2 rings (SSSR count). The Bertz CT molecular complexity index is 639. The average molecular weight is 312 g/mol. The maximum atomic E-state index is 12.1. The van der Waals surface area contributed by atoms with E-state index in [-0.39, 0.29) is 5.91 Å². The van der Waals surface area contributed by atoms with Crippen LogP contribution in [0.2, 0.25) is 5.02 Å². The molecule has 0 atom stereocenters. The monoisotopic (exact) mass is 311 g/mol. The maximum absolute atomic E-state index is 12.1. The average Bonchev–Trinajstić information content (AvgIpc) is 2.86. The van der Waals surface area contributed by atoms with Gasteiger partial charge in [-0.05, 0) is 25.1 Å². The summed E-state index contributed by atoms with van der Waals surface area (Å²) < 4.78 is 10.3. The number of amides is 1. The molecular formula is C14H14ClNO3S. The molecule has 1 N–H and O–H groups in total. The van der Waals surface area contributed by atoms with E-state index in [0.717, 1.165) is 4.88 Å². The van der Waals surface area contributed by atoms with Gasteiger partial charge in [-0.25, -0.2) is 0 Å². The molecule has 0 saturated carbocycles. The molecule has 0 saturated heterocycles. The molecule has 1 aromatic carbocycles. The summed E-state index contributed by atoms with van der Waals surface area (Å²) in [6, 6.07) is 6.93. The van der Waals surface area contributed by atoms with Crippen molar-refractivity contribution in [3.05, 3.63) is 39.0 Å². The van der Waals surface area contributed by atoms with Crippen LogP contribution in [0.3, 0.4) is 0 Å². The van der Waals surface area contributed by atoms with Crippen LogP contribution >= 0.6 is 22.9 Å². The van der Waals surface area contributed by atoms with E-state index in [1.54, 1.807) is 18.2 Å². The summed E-state index contributed by atoms with van der Waals surface area (Å²) in [6.07, 6.45) is 0. The van der Waals surface area contributed by atoms with Crippen molar-refractivity contribution < 1.29 is 14.3 Å². The maximum Gasteiger partial charge on any atom is 0.265 e. The third-order valence-electron chi connectivity index (χ3n) is 2.69. The number of carbonyl (C=O) groups excluding carboxylic acids is 1. The first-order valence-corrected chi connectivity index (χ1v) is 7.04. The Morgan fingerprint density at radius 3 is 2.45 bits per heavy atom. The lowest BCUT2D eigenvalue weighted by Gasteiger charge is -2.12. The molecule has 0 radical (unpaired) electrons. The van der Waals surface area contributed by atoms with Gasteiger partial charge in [0, 0.05) is 10.9 Å². The number of hydrogen-bond acceptors (Lipinski definition) is 4. The van der Waals surface area contributed by atoms with E-state index >= 15 is 0 Å². The van der Waals surface area contributed by atoms with Crippen molar-refractivity contribution in [2.75, 3.05) is 19.5 Å². The molecule has 20 heavy (non-hydrogen) atoms. The highest BCUT2D eigenvalue weighted by Gasteiger charge is 2.14. The number of nitrogens with one attached hydrogen (secondary N) is 1. The van der Waals surface area contributed by atoms with Gasteiger partial charge in [0.2, 0.25) is 0 Å². The van der Waals surface area contributed by atoms with E-state index in [1.807, 2.05) is 13.0 Å². The zero-order valence-electron chi connectivity index (χ0n) is 11.3. The van der Waals surface area contributed by atoms with Crippen molar-refractivity contribution in [1.82, 2.24) is 0 Å². The SMILES string of the molecule is COc1cc(OC)c(NC(=O)c2ccc(C)s2)cc1Cl. The first kappa shape index (κ1) is 14.7. The normalized spacial score (nSPS) is 10.2. The van der Waals surface area contributed by atoms with Crippen LogP contribution < -0.4 is 14.8 Å². The van der Waals surface area contributed by atoms with Gasteiger partial charge < -0.3 is 14.8 Å². The van der Waals surface area contributed by atoms with Gasteiger partial charge in [-0.2, -0.15) is 0 Å². The Balaban J connectivity index is 2.28. The van der Waals surface area contributed by atoms with Crippen LogP contribution in [-0.4, -0.2) is 20.1 Å². The molecule has 0 aliphatic heterocycles. The van der Waals surface area contributed by atoms with Crippen molar-refractivity contribution >= 4 is 34.5 Å². The molecule has 1 amide bonds. The van der Waals surface area contributed by atoms with Crippen molar-refractivity contribution in [3.63, 3.8) is 0 Å². The fraction of sp³-hybridized carbons (Fsp3) is 0.214. The standard InChI is InChI=1S/C14H14ClNO3S/c1-8-4-5-13(20-8)14(17)16-10-6-9(15)11(18-2)7-12(10)19-3/h4-7H,1-3H3,(H,16,17). The van der Waals surface area contributed by atoms with E-state index in [1.165, 1.54) is 25.6 Å². The predicted molar refractivity (Wildman–Crippen MR) is 81.6 cm³/mol. The molecular weight excluding hydrogens is 298 g/mol. The minimum atomic E-state index is -0.192. The van der Waals surface area contributed by atoms with Crippen LogP contribution in [-0.2, 0) is 0 Å². The number of aryl methyl sites for hydroxylation is 1. The second-order valence-corrected chi connectivity index (χ2v) is 5.75. The van der Waals surface area contributed by atoms with E-state index in [9.17, 15) is 4.79 Å². The third-order valence-corrected chi connectivity index (χ3v) is 3.98. The van der Waals surface area contributed by atoms with Crippen LogP contribution in [0.4, 0.5) is 5.69 Å². The highest BCUT2D eigenvalue weighted by molar-refractivity contribution is 7.14. The summed E-state index contributed by atoms with van der Waals surface area (Å²) >= 11 is 7.49. The molecule has 106 valence electrons. The minimum absolute atomic E-state index is 0.192. The fourth-order valence-corrected chi connectivity index (χ4v) is 2.70. The van der Waals surface area contributed by atoms with Crippen molar-refractivity contribution in [3.8, 4) is 11.5 Å². The molecule has 0 bridgehead atoms. The van der Waals surface area contributed by atoms with E-state index < -0.39 is 0 Å². The Hall–Kier alpha value is -1.72. The summed E-state index contributed by atoms with van der Waals surface area (Å²) in [5, 5.41) is 3.20. The van der Waals surface area contributed by atoms with Crippen LogP contribution in [0.25, 0.3) is 0 Å². The quantitative estimate of drug-likeness (QED) is 0.929. The molecule has 1 aromatic heterocycles. The van der Waals surface area contributed by atoms with Crippen LogP contribution in [0.1, 0.15) is 14.5 Å². The molecule has 2 aromatic rings. The van der Waals surface area contributed by atoms with Crippen LogP contribution in [0.5, 0.6) is 11.5 Å². The largest absolute Gasteiger partial charge is 0.495 e. The smallest absolute Gasteiger partial charge is 0.265 e. The lowest BCUT2D eigenvalue weighted by atomic mass is 10.2. The van der Waals surface area contributed by atoms with E-state index in [0.29, 0.717) is 27.1 Å². The van der Waals surface area contributed by atoms with Crippen molar-refractivity contribution in [1.29, 1.82) is 0 Å². The van der Waals surface area contributed by atoms with Gasteiger partial charge in [0.15, 0.2) is 0 Å². The summed E-state index contributed by atoms with van der Waals surface area (Å²) in [6.45, 7) is 1.95. The van der Waals surface area contributed by atoms with Gasteiger partial charge in [0.1, 0.15) is 11.5 Å². The summed E-state index contributed by atoms with van der Waals surface area (Å²) in [4.78, 5) is 13.8. The van der Waals surface area contributed by atoms with Gasteiger partial charge in [-0.1, -0.05) is 11.6 Å². The predicted octanol–water partition coefficient (Wildman–Crippen LogP) is 3.98. The van der Waals surface area contributed by atoms with E-state index in [4.69, 9.17) is 21.1 Å². The zero-order chi connectivity index (χ0) is 14.7. The third kappa shape index (κ3) is 3.05. The Morgan fingerprint density at radius 2 is 1.90 bits per heavy atom. The molecule has 6 heteroatoms. The highest BCUT2D eigenvalue weighted by atomic mass is 35.5. The zero-order valence-corrected chi connectivity index (χ0v) is 12.9. The molecule has 1 heterocycles. The number of carbonyl (C=O) groups is 1. The second-order valence-electron chi connectivity index (χ2n) is 4.05. The lowest BCUT2D eigenvalue weighted by molar-refractivity contribution is 0.103. The minimum Gasteiger partial charge on any atom is -0.495 e. The fourth-order valence-electron chi connectivity index (χ4n) is 1.70. The van der Waals surface area contributed by atoms with Gasteiger partial charge >= 0.3 is 0 Å². The molecule has 0 aliphatic carbocycles. The van der Waals surface area contributed by atoms with Crippen molar-refractivity contribution in [2.45, 2.75) is 6.92 Å². The Morgan fingerprint density at radius 1 is 1.20 bits per heavy atom. The summed E-state index contributed by atoms with van der Waals surface area (Å²) in [5.41, 5.74) is 0.509. The number of thiophene rings is 1. The van der Waals surface area contributed by atoms with Crippen LogP contribution in [0, 0.1) is 6.92 Å². The number of anilines is 1. The number of hydrogen-bond donors (Lipinski definition) is 1. The van der Waals surface area contributed by atoms with Gasteiger partial charge in [-0.15, -0.1) is 11.3 Å². The number of ether oxygens (including phenoxy) is 2. The molecule has 4 nitrogen and oxygen atoms in total. The number of halogens is 1. The van der Waals surface area contributed by atoms with Gasteiger partial charge in [0.05, 0.1) is 29.8 Å². The van der Waals surface area contributed by atoms with Gasteiger partial charge in [-0.3, -0.25) is 4.79 Å². The molecule has 0 spiro atoms. The number of rotatable bonds is 4. The topological polar surface area (TPSA) is 47.6 Å². The Labute approximate surface area is 126 Å². The first-order chi connectivity index (χ1) is 9.55. The van der Waals surface area contributed by atoms with Crippen LogP contribution in [0.15, 0.2) is 24.3 Å².